The van der Waals surface area contributed by atoms with E-state index < -0.39 is 17.3 Å². The summed E-state index contributed by atoms with van der Waals surface area (Å²) in [6.07, 6.45) is -1.79. The lowest BCUT2D eigenvalue weighted by atomic mass is 9.85. The Hall–Kier alpha value is -3.03. The molecule has 2 heterocycles. The Morgan fingerprint density at radius 1 is 1.06 bits per heavy atom. The molecule has 1 spiro atoms. The molecule has 0 aliphatic carbocycles. The van der Waals surface area contributed by atoms with Crippen molar-refractivity contribution in [1.82, 2.24) is 10.2 Å². The summed E-state index contributed by atoms with van der Waals surface area (Å²) >= 11 is 0. The predicted molar refractivity (Wildman–Crippen MR) is 111 cm³/mol. The quantitative estimate of drug-likeness (QED) is 0.768. The van der Waals surface area contributed by atoms with Crippen molar-refractivity contribution >= 4 is 11.7 Å². The number of likely N-dealkylation sites (tertiary alicyclic amines) is 1. The van der Waals surface area contributed by atoms with Crippen LogP contribution in [0, 0.1) is 0 Å². The van der Waals surface area contributed by atoms with E-state index in [-0.39, 0.29) is 6.03 Å². The van der Waals surface area contributed by atoms with Crippen LogP contribution in [0.5, 0.6) is 0 Å². The number of urea groups is 1. The molecule has 0 saturated carbocycles. The molecule has 1 N–H and O–H groups in total. The summed E-state index contributed by atoms with van der Waals surface area (Å²) in [6.45, 7) is 1.67. The van der Waals surface area contributed by atoms with Crippen LogP contribution in [-0.4, -0.2) is 41.9 Å². The van der Waals surface area contributed by atoms with Crippen molar-refractivity contribution in [3.8, 4) is 0 Å². The third kappa shape index (κ3) is 5.00. The van der Waals surface area contributed by atoms with Gasteiger partial charge in [0.15, 0.2) is 0 Å². The highest BCUT2D eigenvalue weighted by molar-refractivity contribution is 6.01. The predicted octanol–water partition coefficient (Wildman–Crippen LogP) is 4.62. The highest BCUT2D eigenvalue weighted by Crippen LogP contribution is 2.37. The average Bonchev–Trinajstić information content (AvgIpc) is 3.18. The Labute approximate surface area is 178 Å². The normalized spacial score (nSPS) is 17.9. The zero-order valence-electron chi connectivity index (χ0n) is 17.0. The molecule has 8 heteroatoms. The second kappa shape index (κ2) is 8.61. The number of nitrogens with zero attached hydrogens (tertiary/aromatic N) is 2. The van der Waals surface area contributed by atoms with Crippen molar-refractivity contribution in [2.45, 2.75) is 37.5 Å². The Kier molecular flexibility index (Phi) is 5.89. The molecule has 0 aromatic heterocycles. The summed E-state index contributed by atoms with van der Waals surface area (Å²) in [5.74, 6) is 0. The fourth-order valence-corrected chi connectivity index (χ4v) is 3.98. The van der Waals surface area contributed by atoms with Gasteiger partial charge in [-0.2, -0.15) is 13.2 Å². The van der Waals surface area contributed by atoms with Gasteiger partial charge in [0, 0.05) is 38.9 Å². The van der Waals surface area contributed by atoms with Crippen LogP contribution in [0.3, 0.4) is 0 Å². The first-order valence-corrected chi connectivity index (χ1v) is 10.3. The van der Waals surface area contributed by atoms with E-state index in [1.54, 1.807) is 4.90 Å². The number of oxime groups is 1. The highest BCUT2D eigenvalue weighted by Gasteiger charge is 2.43. The smallest absolute Gasteiger partial charge is 0.388 e. The number of hydrogen-bond acceptors (Lipinski definition) is 3. The Morgan fingerprint density at radius 3 is 2.39 bits per heavy atom. The molecule has 1 saturated heterocycles. The summed E-state index contributed by atoms with van der Waals surface area (Å²) in [5.41, 5.74) is 1.28. The molecule has 2 aromatic carbocycles. The molecule has 4 rings (SSSR count). The Bertz CT molecular complexity index is 935. The molecule has 0 unspecified atom stereocenters. The number of alkyl halides is 3. The lowest BCUT2D eigenvalue weighted by Crippen LogP contribution is -2.50. The first kappa shape index (κ1) is 21.2. The van der Waals surface area contributed by atoms with Gasteiger partial charge >= 0.3 is 12.2 Å². The van der Waals surface area contributed by atoms with Crippen molar-refractivity contribution in [2.24, 2.45) is 5.16 Å². The maximum atomic E-state index is 12.8. The largest absolute Gasteiger partial charge is 0.416 e. The molecular formula is C23H24F3N3O2. The van der Waals surface area contributed by atoms with Gasteiger partial charge in [-0.1, -0.05) is 47.6 Å². The van der Waals surface area contributed by atoms with Crippen LogP contribution < -0.4 is 5.32 Å². The van der Waals surface area contributed by atoms with E-state index in [4.69, 9.17) is 4.84 Å². The van der Waals surface area contributed by atoms with Crippen molar-refractivity contribution in [3.05, 3.63) is 71.3 Å². The van der Waals surface area contributed by atoms with Gasteiger partial charge in [0.1, 0.15) is 5.60 Å². The summed E-state index contributed by atoms with van der Waals surface area (Å²) in [7, 11) is 0. The fourth-order valence-electron chi connectivity index (χ4n) is 3.98. The third-order valence-electron chi connectivity index (χ3n) is 5.88. The van der Waals surface area contributed by atoms with Crippen LogP contribution in [0.2, 0.25) is 0 Å². The van der Waals surface area contributed by atoms with Crippen LogP contribution in [-0.2, 0) is 17.4 Å². The van der Waals surface area contributed by atoms with E-state index in [0.717, 1.165) is 18.6 Å². The second-order valence-corrected chi connectivity index (χ2v) is 8.02. The summed E-state index contributed by atoms with van der Waals surface area (Å²) in [4.78, 5) is 19.9. The minimum Gasteiger partial charge on any atom is -0.388 e. The molecular weight excluding hydrogens is 407 g/mol. The molecule has 5 nitrogen and oxygen atoms in total. The molecule has 0 radical (unpaired) electrons. The van der Waals surface area contributed by atoms with E-state index in [9.17, 15) is 18.0 Å². The molecule has 0 bridgehead atoms. The maximum absolute atomic E-state index is 12.8. The molecule has 2 aliphatic rings. The summed E-state index contributed by atoms with van der Waals surface area (Å²) < 4.78 is 38.3. The first-order valence-electron chi connectivity index (χ1n) is 10.3. The standard InChI is InChI=1S/C23H24F3N3O2/c24-23(25,26)19-8-6-18(7-9-19)20-16-22(31-28-20)11-14-29(15-12-22)21(30)27-13-10-17-4-2-1-3-5-17/h1-9H,10-16H2,(H,27,30). The van der Waals surface area contributed by atoms with Gasteiger partial charge in [0.05, 0.1) is 11.3 Å². The molecule has 164 valence electrons. The zero-order valence-corrected chi connectivity index (χ0v) is 17.0. The van der Waals surface area contributed by atoms with Gasteiger partial charge in [-0.05, 0) is 29.7 Å². The molecule has 1 fully saturated rings. The number of nitrogens with one attached hydrogen (secondary N) is 1. The minimum absolute atomic E-state index is 0.0901. The van der Waals surface area contributed by atoms with Gasteiger partial charge < -0.3 is 15.1 Å². The maximum Gasteiger partial charge on any atom is 0.416 e. The number of hydrogen-bond donors (Lipinski definition) is 1. The van der Waals surface area contributed by atoms with Crippen LogP contribution in [0.4, 0.5) is 18.0 Å². The lowest BCUT2D eigenvalue weighted by Gasteiger charge is -2.37. The van der Waals surface area contributed by atoms with Crippen molar-refractivity contribution in [2.75, 3.05) is 19.6 Å². The minimum atomic E-state index is -4.36. The molecule has 31 heavy (non-hydrogen) atoms. The van der Waals surface area contributed by atoms with Crippen molar-refractivity contribution in [3.63, 3.8) is 0 Å². The monoisotopic (exact) mass is 431 g/mol. The van der Waals surface area contributed by atoms with E-state index >= 15 is 0 Å². The average molecular weight is 431 g/mol. The van der Waals surface area contributed by atoms with Crippen molar-refractivity contribution in [1.29, 1.82) is 0 Å². The number of benzene rings is 2. The van der Waals surface area contributed by atoms with E-state index in [2.05, 4.69) is 10.5 Å². The molecule has 0 atom stereocenters. The van der Waals surface area contributed by atoms with Crippen LogP contribution in [0.15, 0.2) is 59.8 Å². The molecule has 2 aliphatic heterocycles. The van der Waals surface area contributed by atoms with Crippen LogP contribution in [0.25, 0.3) is 0 Å². The topological polar surface area (TPSA) is 53.9 Å². The van der Waals surface area contributed by atoms with Crippen LogP contribution >= 0.6 is 0 Å². The van der Waals surface area contributed by atoms with Gasteiger partial charge in [0.2, 0.25) is 0 Å². The third-order valence-corrected chi connectivity index (χ3v) is 5.88. The number of carbonyl (C=O) groups excluding carboxylic acids is 1. The number of amides is 2. The molecule has 2 aromatic rings. The lowest BCUT2D eigenvalue weighted by molar-refractivity contribution is -0.137. The van der Waals surface area contributed by atoms with Gasteiger partial charge in [-0.3, -0.25) is 0 Å². The SMILES string of the molecule is O=C(NCCc1ccccc1)N1CCC2(CC1)CC(c1ccc(C(F)(F)F)cc1)=NO2. The summed E-state index contributed by atoms with van der Waals surface area (Å²) in [6, 6.07) is 14.9. The number of halogens is 3. The number of piperidine rings is 1. The molecule has 2 amide bonds. The summed E-state index contributed by atoms with van der Waals surface area (Å²) in [5, 5.41) is 7.10. The van der Waals surface area contributed by atoms with E-state index in [0.29, 0.717) is 50.2 Å². The highest BCUT2D eigenvalue weighted by atomic mass is 19.4. The van der Waals surface area contributed by atoms with Gasteiger partial charge in [-0.25, -0.2) is 4.79 Å². The second-order valence-electron chi connectivity index (χ2n) is 8.02. The van der Waals surface area contributed by atoms with E-state index in [1.807, 2.05) is 30.3 Å². The fraction of sp³-hybridized carbons (Fsp3) is 0.391. The Balaban J connectivity index is 1.25. The Morgan fingerprint density at radius 2 is 1.74 bits per heavy atom. The first-order chi connectivity index (χ1) is 14.8. The van der Waals surface area contributed by atoms with Crippen molar-refractivity contribution < 1.29 is 22.8 Å². The van der Waals surface area contributed by atoms with Gasteiger partial charge in [-0.15, -0.1) is 0 Å². The van der Waals surface area contributed by atoms with Crippen LogP contribution in [0.1, 0.15) is 36.0 Å². The van der Waals surface area contributed by atoms with Gasteiger partial charge in [0.25, 0.3) is 0 Å². The zero-order chi connectivity index (χ0) is 21.9. The number of carbonyl (C=O) groups is 1. The number of rotatable bonds is 4. The van der Waals surface area contributed by atoms with E-state index in [1.165, 1.54) is 17.7 Å².